The Hall–Kier alpha value is -4.20. The molecule has 1 unspecified atom stereocenters. The van der Waals surface area contributed by atoms with E-state index in [2.05, 4.69) is 0 Å². The lowest BCUT2D eigenvalue weighted by Gasteiger charge is -2.32. The maximum atomic E-state index is 13.9. The summed E-state index contributed by atoms with van der Waals surface area (Å²) in [4.78, 5) is 39.1. The number of carbonyl (C=O) groups is 2. The second kappa shape index (κ2) is 8.50. The van der Waals surface area contributed by atoms with Crippen molar-refractivity contribution >= 4 is 17.7 Å². The van der Waals surface area contributed by atoms with Crippen molar-refractivity contribution in [3.05, 3.63) is 106 Å². The van der Waals surface area contributed by atoms with Gasteiger partial charge in [0.05, 0.1) is 12.8 Å². The largest absolute Gasteiger partial charge is 0.497 e. The fourth-order valence-corrected chi connectivity index (χ4v) is 4.04. The number of nitro groups is 1. The van der Waals surface area contributed by atoms with E-state index in [0.717, 1.165) is 4.90 Å². The predicted octanol–water partition coefficient (Wildman–Crippen LogP) is 4.13. The van der Waals surface area contributed by atoms with E-state index < -0.39 is 35.0 Å². The first kappa shape index (κ1) is 21.0. The summed E-state index contributed by atoms with van der Waals surface area (Å²) >= 11 is 0. The molecular formula is C24H20N2O6. The van der Waals surface area contributed by atoms with Crippen LogP contribution in [0.4, 0.5) is 10.5 Å². The van der Waals surface area contributed by atoms with Gasteiger partial charge in [0.25, 0.3) is 5.91 Å². The van der Waals surface area contributed by atoms with Gasteiger partial charge in [-0.05, 0) is 29.8 Å². The number of cyclic esters (lactones) is 1. The third-order valence-corrected chi connectivity index (χ3v) is 5.49. The summed E-state index contributed by atoms with van der Waals surface area (Å²) in [6, 6.07) is 23.4. The molecule has 8 nitrogen and oxygen atoms in total. The Balaban J connectivity index is 1.94. The lowest BCUT2D eigenvalue weighted by atomic mass is 9.76. The molecule has 2 amide bonds. The molecule has 1 aliphatic heterocycles. The first-order chi connectivity index (χ1) is 15.5. The lowest BCUT2D eigenvalue weighted by molar-refractivity contribution is -0.486. The van der Waals surface area contributed by atoms with E-state index >= 15 is 0 Å². The molecule has 1 aliphatic rings. The highest BCUT2D eigenvalue weighted by Gasteiger charge is 2.62. The zero-order chi connectivity index (χ0) is 22.7. The highest BCUT2D eigenvalue weighted by atomic mass is 16.6. The molecule has 1 fully saturated rings. The van der Waals surface area contributed by atoms with Crippen LogP contribution in [0.2, 0.25) is 0 Å². The summed E-state index contributed by atoms with van der Waals surface area (Å²) in [5, 5.41) is 11.7. The van der Waals surface area contributed by atoms with Crippen LogP contribution in [0.1, 0.15) is 17.0 Å². The quantitative estimate of drug-likeness (QED) is 0.411. The normalized spacial score (nSPS) is 18.8. The highest BCUT2D eigenvalue weighted by Crippen LogP contribution is 2.47. The van der Waals surface area contributed by atoms with Gasteiger partial charge in [-0.25, -0.2) is 9.69 Å². The number of carbonyl (C=O) groups excluding carboxylic acids is 2. The number of hydrogen-bond donors (Lipinski definition) is 0. The predicted molar refractivity (Wildman–Crippen MR) is 116 cm³/mol. The topological polar surface area (TPSA) is 99.0 Å². The van der Waals surface area contributed by atoms with Crippen molar-refractivity contribution in [2.45, 2.75) is 11.5 Å². The molecule has 0 bridgehead atoms. The molecule has 32 heavy (non-hydrogen) atoms. The molecule has 162 valence electrons. The van der Waals surface area contributed by atoms with Crippen LogP contribution >= 0.6 is 0 Å². The summed E-state index contributed by atoms with van der Waals surface area (Å²) in [6.07, 6.45) is -0.888. The molecule has 3 aromatic rings. The van der Waals surface area contributed by atoms with Crippen LogP contribution in [0, 0.1) is 10.1 Å². The third-order valence-electron chi connectivity index (χ3n) is 5.49. The van der Waals surface area contributed by atoms with Crippen LogP contribution in [0.3, 0.4) is 0 Å². The number of ether oxygens (including phenoxy) is 2. The summed E-state index contributed by atoms with van der Waals surface area (Å²) in [5.74, 6) is -1.31. The van der Waals surface area contributed by atoms with Gasteiger partial charge in [-0.3, -0.25) is 14.9 Å². The summed E-state index contributed by atoms with van der Waals surface area (Å²) in [7, 11) is 1.48. The Kier molecular flexibility index (Phi) is 5.59. The molecule has 1 saturated heterocycles. The maximum Gasteiger partial charge on any atom is 0.422 e. The lowest BCUT2D eigenvalue weighted by Crippen LogP contribution is -2.46. The number of hydrogen-bond acceptors (Lipinski definition) is 6. The van der Waals surface area contributed by atoms with Crippen molar-refractivity contribution in [2.24, 2.45) is 0 Å². The third kappa shape index (κ3) is 3.56. The molecule has 0 saturated carbocycles. The Morgan fingerprint density at radius 1 is 1.00 bits per heavy atom. The molecule has 3 aromatic carbocycles. The van der Waals surface area contributed by atoms with E-state index in [1.54, 1.807) is 84.9 Å². The molecule has 0 aromatic heterocycles. The Labute approximate surface area is 184 Å². The SMILES string of the molecule is COc1cccc(C(C[N+](=O)[O-])[C@@]2(c3ccccc3)OC(=O)N(c3ccccc3)C2=O)c1. The monoisotopic (exact) mass is 432 g/mol. The van der Waals surface area contributed by atoms with Gasteiger partial charge in [-0.15, -0.1) is 0 Å². The van der Waals surface area contributed by atoms with Crippen LogP contribution in [0.25, 0.3) is 0 Å². The minimum atomic E-state index is -1.92. The van der Waals surface area contributed by atoms with Crippen LogP contribution in [0.15, 0.2) is 84.9 Å². The van der Waals surface area contributed by atoms with E-state index in [0.29, 0.717) is 22.6 Å². The first-order valence-electron chi connectivity index (χ1n) is 9.91. The molecule has 0 spiro atoms. The van der Waals surface area contributed by atoms with Crippen LogP contribution in [0.5, 0.6) is 5.75 Å². The van der Waals surface area contributed by atoms with Gasteiger partial charge in [0.2, 0.25) is 12.1 Å². The van der Waals surface area contributed by atoms with Crippen molar-refractivity contribution in [1.29, 1.82) is 0 Å². The maximum absolute atomic E-state index is 13.9. The molecule has 8 heteroatoms. The molecule has 0 N–H and O–H groups in total. The highest BCUT2D eigenvalue weighted by molar-refractivity contribution is 6.20. The number of amides is 2. The standard InChI is InChI=1S/C24H20N2O6/c1-31-20-14-8-9-17(15-20)21(16-25(29)30)24(18-10-4-2-5-11-18)22(27)26(23(28)32-24)19-12-6-3-7-13-19/h2-15,21H,16H2,1H3/t21?,24-/m1/s1. The molecule has 0 aliphatic carbocycles. The van der Waals surface area contributed by atoms with Crippen molar-refractivity contribution in [1.82, 2.24) is 0 Å². The molecule has 0 radical (unpaired) electrons. The fourth-order valence-electron chi connectivity index (χ4n) is 4.04. The van der Waals surface area contributed by atoms with E-state index in [9.17, 15) is 19.7 Å². The average Bonchev–Trinajstić information content (AvgIpc) is 3.09. The fraction of sp³-hybridized carbons (Fsp3) is 0.167. The zero-order valence-electron chi connectivity index (χ0n) is 17.2. The van der Waals surface area contributed by atoms with Crippen LogP contribution < -0.4 is 9.64 Å². The van der Waals surface area contributed by atoms with E-state index in [1.807, 2.05) is 0 Å². The Morgan fingerprint density at radius 3 is 2.28 bits per heavy atom. The van der Waals surface area contributed by atoms with Gasteiger partial charge in [-0.1, -0.05) is 60.7 Å². The van der Waals surface area contributed by atoms with Gasteiger partial charge < -0.3 is 9.47 Å². The summed E-state index contributed by atoms with van der Waals surface area (Å²) in [6.45, 7) is -0.635. The first-order valence-corrected chi connectivity index (χ1v) is 9.91. The zero-order valence-corrected chi connectivity index (χ0v) is 17.2. The smallest absolute Gasteiger partial charge is 0.422 e. The van der Waals surface area contributed by atoms with E-state index in [4.69, 9.17) is 9.47 Å². The van der Waals surface area contributed by atoms with Crippen LogP contribution in [-0.4, -0.2) is 30.6 Å². The average molecular weight is 432 g/mol. The number of imide groups is 1. The minimum Gasteiger partial charge on any atom is -0.497 e. The number of methoxy groups -OCH3 is 1. The summed E-state index contributed by atoms with van der Waals surface area (Å²) < 4.78 is 11.1. The van der Waals surface area contributed by atoms with Crippen molar-refractivity contribution in [2.75, 3.05) is 18.6 Å². The van der Waals surface area contributed by atoms with Gasteiger partial charge in [0.1, 0.15) is 11.7 Å². The number of benzene rings is 3. The second-order valence-corrected chi connectivity index (χ2v) is 7.29. The van der Waals surface area contributed by atoms with Crippen molar-refractivity contribution in [3.8, 4) is 5.75 Å². The van der Waals surface area contributed by atoms with Gasteiger partial charge in [0.15, 0.2) is 0 Å². The van der Waals surface area contributed by atoms with E-state index in [1.165, 1.54) is 7.11 Å². The number of rotatable bonds is 7. The van der Waals surface area contributed by atoms with Crippen molar-refractivity contribution < 1.29 is 24.0 Å². The van der Waals surface area contributed by atoms with Gasteiger partial charge in [-0.2, -0.15) is 0 Å². The second-order valence-electron chi connectivity index (χ2n) is 7.29. The molecular weight excluding hydrogens is 412 g/mol. The molecule has 2 atom stereocenters. The Bertz CT molecular complexity index is 1150. The van der Waals surface area contributed by atoms with Crippen molar-refractivity contribution in [3.63, 3.8) is 0 Å². The summed E-state index contributed by atoms with van der Waals surface area (Å²) in [5.41, 5.74) is -0.800. The van der Waals surface area contributed by atoms with Gasteiger partial charge >= 0.3 is 6.09 Å². The molecule has 4 rings (SSSR count). The minimum absolute atomic E-state index is 0.325. The number of anilines is 1. The van der Waals surface area contributed by atoms with Crippen LogP contribution in [-0.2, 0) is 15.1 Å². The number of para-hydroxylation sites is 1. The van der Waals surface area contributed by atoms with E-state index in [-0.39, 0.29) is 0 Å². The molecule has 1 heterocycles. The number of nitrogens with zero attached hydrogens (tertiary/aromatic N) is 2. The Morgan fingerprint density at radius 2 is 1.66 bits per heavy atom. The van der Waals surface area contributed by atoms with Gasteiger partial charge in [0, 0.05) is 10.5 Å².